The molecule has 2 N–H and O–H groups in total. The molecule has 1 aromatic heterocycles. The minimum Gasteiger partial charge on any atom is -0.484 e. The van der Waals surface area contributed by atoms with E-state index in [1.54, 1.807) is 0 Å². The van der Waals surface area contributed by atoms with E-state index in [-0.39, 0.29) is 6.61 Å². The minimum absolute atomic E-state index is 0.0918. The molecule has 0 saturated carbocycles. The molecule has 2 heterocycles. The van der Waals surface area contributed by atoms with Gasteiger partial charge in [-0.15, -0.1) is 0 Å². The highest BCUT2D eigenvalue weighted by Crippen LogP contribution is 2.33. The van der Waals surface area contributed by atoms with Gasteiger partial charge in [0.15, 0.2) is 6.61 Å². The van der Waals surface area contributed by atoms with Crippen LogP contribution in [0.2, 0.25) is 0 Å². The standard InChI is InChI=1S/C17H22N4O2/c1-20-11-14(9-19-20)16-6-3-7-21(16)10-13-4-2-5-15(8-13)23-12-17(18)22/h2,4-5,8-9,11,16H,3,6-7,10,12H2,1H3,(H2,18,22)/t16-/m0/s1. The maximum atomic E-state index is 10.8. The lowest BCUT2D eigenvalue weighted by atomic mass is 10.1. The van der Waals surface area contributed by atoms with Crippen molar-refractivity contribution in [2.24, 2.45) is 12.8 Å². The van der Waals surface area contributed by atoms with Gasteiger partial charge >= 0.3 is 0 Å². The first-order valence-corrected chi connectivity index (χ1v) is 7.84. The van der Waals surface area contributed by atoms with Crippen molar-refractivity contribution in [2.75, 3.05) is 13.2 Å². The molecule has 0 aliphatic carbocycles. The van der Waals surface area contributed by atoms with E-state index in [4.69, 9.17) is 10.5 Å². The lowest BCUT2D eigenvalue weighted by Gasteiger charge is -2.23. The molecule has 1 amide bonds. The molecule has 0 bridgehead atoms. The lowest BCUT2D eigenvalue weighted by molar-refractivity contribution is -0.119. The van der Waals surface area contributed by atoms with Crippen LogP contribution in [-0.4, -0.2) is 33.7 Å². The number of carbonyl (C=O) groups excluding carboxylic acids is 1. The van der Waals surface area contributed by atoms with Crippen LogP contribution in [0.1, 0.15) is 30.0 Å². The van der Waals surface area contributed by atoms with Gasteiger partial charge in [0.1, 0.15) is 5.75 Å². The van der Waals surface area contributed by atoms with Crippen LogP contribution < -0.4 is 10.5 Å². The average Bonchev–Trinajstić information content (AvgIpc) is 3.14. The fourth-order valence-corrected chi connectivity index (χ4v) is 3.13. The molecule has 1 aliphatic rings. The zero-order chi connectivity index (χ0) is 16.2. The van der Waals surface area contributed by atoms with Crippen molar-refractivity contribution in [3.63, 3.8) is 0 Å². The molecule has 1 fully saturated rings. The number of rotatable bonds is 6. The molecule has 1 aliphatic heterocycles. The van der Waals surface area contributed by atoms with Crippen LogP contribution >= 0.6 is 0 Å². The third-order valence-electron chi connectivity index (χ3n) is 4.14. The Morgan fingerprint density at radius 1 is 1.48 bits per heavy atom. The molecule has 1 atom stereocenters. The van der Waals surface area contributed by atoms with E-state index >= 15 is 0 Å². The van der Waals surface area contributed by atoms with E-state index < -0.39 is 5.91 Å². The van der Waals surface area contributed by atoms with Gasteiger partial charge in [0.2, 0.25) is 0 Å². The van der Waals surface area contributed by atoms with Crippen molar-refractivity contribution < 1.29 is 9.53 Å². The molecule has 0 spiro atoms. The highest BCUT2D eigenvalue weighted by Gasteiger charge is 2.26. The third-order valence-corrected chi connectivity index (χ3v) is 4.14. The molecule has 1 saturated heterocycles. The van der Waals surface area contributed by atoms with Crippen LogP contribution in [0.4, 0.5) is 0 Å². The van der Waals surface area contributed by atoms with E-state index in [2.05, 4.69) is 22.3 Å². The van der Waals surface area contributed by atoms with Crippen molar-refractivity contribution in [3.05, 3.63) is 47.8 Å². The Bertz CT molecular complexity index is 683. The molecule has 6 heteroatoms. The fourth-order valence-electron chi connectivity index (χ4n) is 3.13. The SMILES string of the molecule is Cn1cc([C@@H]2CCCN2Cc2cccc(OCC(N)=O)c2)cn1. The number of benzene rings is 1. The van der Waals surface area contributed by atoms with Crippen molar-refractivity contribution >= 4 is 5.91 Å². The average molecular weight is 314 g/mol. The summed E-state index contributed by atoms with van der Waals surface area (Å²) in [6, 6.07) is 8.26. The molecule has 3 rings (SSSR count). The summed E-state index contributed by atoms with van der Waals surface area (Å²) < 4.78 is 7.23. The van der Waals surface area contributed by atoms with Crippen molar-refractivity contribution in [2.45, 2.75) is 25.4 Å². The van der Waals surface area contributed by atoms with Gasteiger partial charge in [-0.2, -0.15) is 5.10 Å². The summed E-state index contributed by atoms with van der Waals surface area (Å²) >= 11 is 0. The van der Waals surface area contributed by atoms with Crippen molar-refractivity contribution in [1.82, 2.24) is 14.7 Å². The second-order valence-corrected chi connectivity index (χ2v) is 5.98. The van der Waals surface area contributed by atoms with Gasteiger partial charge in [0.25, 0.3) is 5.91 Å². The number of likely N-dealkylation sites (tertiary alicyclic amines) is 1. The monoisotopic (exact) mass is 314 g/mol. The number of hydrogen-bond donors (Lipinski definition) is 1. The summed E-state index contributed by atoms with van der Waals surface area (Å²) in [7, 11) is 1.95. The molecule has 6 nitrogen and oxygen atoms in total. The Morgan fingerprint density at radius 3 is 3.09 bits per heavy atom. The van der Waals surface area contributed by atoms with E-state index in [1.165, 1.54) is 17.5 Å². The largest absolute Gasteiger partial charge is 0.484 e. The smallest absolute Gasteiger partial charge is 0.255 e. The number of carbonyl (C=O) groups is 1. The normalized spacial score (nSPS) is 18.2. The van der Waals surface area contributed by atoms with Crippen molar-refractivity contribution in [1.29, 1.82) is 0 Å². The quantitative estimate of drug-likeness (QED) is 0.879. The number of nitrogens with two attached hydrogens (primary N) is 1. The number of primary amides is 1. The summed E-state index contributed by atoms with van der Waals surface area (Å²) in [4.78, 5) is 13.3. The third kappa shape index (κ3) is 3.90. The molecule has 122 valence electrons. The van der Waals surface area contributed by atoms with Crippen LogP contribution in [0.15, 0.2) is 36.7 Å². The van der Waals surface area contributed by atoms with Crippen LogP contribution in [0.5, 0.6) is 5.75 Å². The van der Waals surface area contributed by atoms with E-state index in [1.807, 2.05) is 36.1 Å². The van der Waals surface area contributed by atoms with Gasteiger partial charge in [0, 0.05) is 31.4 Å². The second kappa shape index (κ2) is 6.83. The summed E-state index contributed by atoms with van der Waals surface area (Å²) in [6.07, 6.45) is 6.39. The summed E-state index contributed by atoms with van der Waals surface area (Å²) in [6.45, 7) is 1.84. The molecule has 1 aromatic carbocycles. The van der Waals surface area contributed by atoms with Crippen LogP contribution in [-0.2, 0) is 18.4 Å². The van der Waals surface area contributed by atoms with Crippen LogP contribution in [0.25, 0.3) is 0 Å². The van der Waals surface area contributed by atoms with Gasteiger partial charge in [-0.25, -0.2) is 0 Å². The Kier molecular flexibility index (Phi) is 4.62. The van der Waals surface area contributed by atoms with E-state index in [0.717, 1.165) is 19.5 Å². The van der Waals surface area contributed by atoms with Gasteiger partial charge in [0.05, 0.1) is 6.20 Å². The highest BCUT2D eigenvalue weighted by atomic mass is 16.5. The number of nitrogens with zero attached hydrogens (tertiary/aromatic N) is 3. The Labute approximate surface area is 135 Å². The Hall–Kier alpha value is -2.34. The van der Waals surface area contributed by atoms with Gasteiger partial charge in [-0.3, -0.25) is 14.4 Å². The molecular weight excluding hydrogens is 292 g/mol. The van der Waals surface area contributed by atoms with Gasteiger partial charge < -0.3 is 10.5 Å². The number of amides is 1. The summed E-state index contributed by atoms with van der Waals surface area (Å²) in [5, 5.41) is 4.28. The van der Waals surface area contributed by atoms with Crippen molar-refractivity contribution in [3.8, 4) is 5.75 Å². The fraction of sp³-hybridized carbons (Fsp3) is 0.412. The second-order valence-electron chi connectivity index (χ2n) is 5.98. The van der Waals surface area contributed by atoms with Gasteiger partial charge in [-0.1, -0.05) is 12.1 Å². The molecular formula is C17H22N4O2. The zero-order valence-corrected chi connectivity index (χ0v) is 13.3. The number of ether oxygens (including phenoxy) is 1. The lowest BCUT2D eigenvalue weighted by Crippen LogP contribution is -2.22. The first-order chi connectivity index (χ1) is 11.1. The van der Waals surface area contributed by atoms with Crippen LogP contribution in [0, 0.1) is 0 Å². The molecule has 2 aromatic rings. The number of aromatic nitrogens is 2. The first-order valence-electron chi connectivity index (χ1n) is 7.84. The highest BCUT2D eigenvalue weighted by molar-refractivity contribution is 5.75. The molecule has 0 radical (unpaired) electrons. The zero-order valence-electron chi connectivity index (χ0n) is 13.3. The maximum Gasteiger partial charge on any atom is 0.255 e. The van der Waals surface area contributed by atoms with Crippen LogP contribution in [0.3, 0.4) is 0 Å². The summed E-state index contributed by atoms with van der Waals surface area (Å²) in [5.74, 6) is 0.213. The molecule has 23 heavy (non-hydrogen) atoms. The van der Waals surface area contributed by atoms with E-state index in [9.17, 15) is 4.79 Å². The summed E-state index contributed by atoms with van der Waals surface area (Å²) in [5.41, 5.74) is 7.55. The predicted molar refractivity (Wildman–Crippen MR) is 86.7 cm³/mol. The number of aryl methyl sites for hydroxylation is 1. The van der Waals surface area contributed by atoms with E-state index in [0.29, 0.717) is 11.8 Å². The topological polar surface area (TPSA) is 73.4 Å². The molecule has 0 unspecified atom stereocenters. The Morgan fingerprint density at radius 2 is 2.35 bits per heavy atom. The maximum absolute atomic E-state index is 10.8. The minimum atomic E-state index is -0.466. The number of hydrogen-bond acceptors (Lipinski definition) is 4. The van der Waals surface area contributed by atoms with Gasteiger partial charge in [-0.05, 0) is 37.1 Å². The Balaban J connectivity index is 1.68. The predicted octanol–water partition coefficient (Wildman–Crippen LogP) is 1.62. The first kappa shape index (κ1) is 15.6.